The quantitative estimate of drug-likeness (QED) is 0.575. The summed E-state index contributed by atoms with van der Waals surface area (Å²) in [5.74, 6) is 0. The molecule has 0 amide bonds. The molecule has 0 saturated carbocycles. The van der Waals surface area contributed by atoms with Crippen molar-refractivity contribution in [2.75, 3.05) is 5.73 Å². The normalized spacial score (nSPS) is 10.1. The molecule has 0 radical (unpaired) electrons. The van der Waals surface area contributed by atoms with E-state index in [0.717, 1.165) is 10.6 Å². The highest BCUT2D eigenvalue weighted by molar-refractivity contribution is 8.02. The minimum absolute atomic E-state index is 0.891. The first kappa shape index (κ1) is 10.2. The van der Waals surface area contributed by atoms with Gasteiger partial charge in [0.05, 0.1) is 0 Å². The monoisotopic (exact) mass is 193 g/mol. The van der Waals surface area contributed by atoms with Gasteiger partial charge in [0.25, 0.3) is 0 Å². The number of aryl methyl sites for hydroxylation is 2. The number of hydrogen-bond donors (Lipinski definition) is 1. The van der Waals surface area contributed by atoms with E-state index >= 15 is 0 Å². The minimum atomic E-state index is 0.891. The lowest BCUT2D eigenvalue weighted by atomic mass is 10.0. The maximum absolute atomic E-state index is 6.00. The van der Waals surface area contributed by atoms with Crippen LogP contribution >= 0.6 is 11.8 Å². The lowest BCUT2D eigenvalue weighted by Crippen LogP contribution is -1.97. The van der Waals surface area contributed by atoms with E-state index in [-0.39, 0.29) is 0 Å². The van der Waals surface area contributed by atoms with Gasteiger partial charge in [0.15, 0.2) is 0 Å². The van der Waals surface area contributed by atoms with Gasteiger partial charge in [0.2, 0.25) is 0 Å². The van der Waals surface area contributed by atoms with Gasteiger partial charge in [-0.2, -0.15) is 0 Å². The molecule has 1 aromatic carbocycles. The molecule has 0 aliphatic carbocycles. The zero-order valence-corrected chi connectivity index (χ0v) is 9.16. The summed E-state index contributed by atoms with van der Waals surface area (Å²) < 4.78 is 0. The maximum Gasteiger partial charge on any atom is 0.0490 e. The smallest absolute Gasteiger partial charge is 0.0490 e. The third-order valence-corrected chi connectivity index (χ3v) is 3.18. The molecular formula is C11H15NS. The van der Waals surface area contributed by atoms with Gasteiger partial charge in [-0.25, -0.2) is 0 Å². The van der Waals surface area contributed by atoms with E-state index in [0.29, 0.717) is 0 Å². The molecule has 0 spiro atoms. The van der Waals surface area contributed by atoms with Crippen molar-refractivity contribution in [3.63, 3.8) is 0 Å². The molecule has 1 nitrogen and oxygen atoms in total. The molecule has 0 heterocycles. The van der Waals surface area contributed by atoms with Crippen LogP contribution in [-0.4, -0.2) is 0 Å². The van der Waals surface area contributed by atoms with Gasteiger partial charge in [-0.3, -0.25) is 0 Å². The molecule has 1 rings (SSSR count). The summed E-state index contributed by atoms with van der Waals surface area (Å²) in [6.07, 6.45) is 0. The number of hydrogen-bond acceptors (Lipinski definition) is 2. The highest BCUT2D eigenvalue weighted by atomic mass is 32.2. The molecule has 0 unspecified atom stereocenters. The standard InChI is InChI=1S/C11H15NS/c1-5-13-11-8(3)6-7(2)9(4)10(11)12/h5-6H,1,12H2,2-4H3. The second kappa shape index (κ2) is 3.88. The van der Waals surface area contributed by atoms with Crippen LogP contribution in [0.2, 0.25) is 0 Å². The van der Waals surface area contributed by atoms with Gasteiger partial charge in [0, 0.05) is 10.6 Å². The zero-order valence-electron chi connectivity index (χ0n) is 8.35. The average molecular weight is 193 g/mol. The van der Waals surface area contributed by atoms with Crippen LogP contribution in [-0.2, 0) is 0 Å². The zero-order chi connectivity index (χ0) is 10.0. The van der Waals surface area contributed by atoms with Crippen molar-refractivity contribution in [3.8, 4) is 0 Å². The topological polar surface area (TPSA) is 26.0 Å². The van der Waals surface area contributed by atoms with Crippen LogP contribution in [0.25, 0.3) is 0 Å². The number of nitrogen functional groups attached to an aromatic ring is 1. The predicted molar refractivity (Wildman–Crippen MR) is 61.1 cm³/mol. The largest absolute Gasteiger partial charge is 0.398 e. The second-order valence-electron chi connectivity index (χ2n) is 3.16. The molecule has 0 aliphatic heterocycles. The van der Waals surface area contributed by atoms with E-state index in [1.165, 1.54) is 16.7 Å². The van der Waals surface area contributed by atoms with Crippen molar-refractivity contribution in [2.45, 2.75) is 25.7 Å². The number of benzene rings is 1. The van der Waals surface area contributed by atoms with E-state index in [1.54, 1.807) is 11.8 Å². The van der Waals surface area contributed by atoms with Crippen molar-refractivity contribution in [2.24, 2.45) is 0 Å². The fraction of sp³-hybridized carbons (Fsp3) is 0.273. The molecule has 1 aromatic rings. The number of anilines is 1. The highest BCUT2D eigenvalue weighted by Gasteiger charge is 2.07. The summed E-state index contributed by atoms with van der Waals surface area (Å²) in [7, 11) is 0. The lowest BCUT2D eigenvalue weighted by molar-refractivity contribution is 1.22. The van der Waals surface area contributed by atoms with Crippen molar-refractivity contribution < 1.29 is 0 Å². The molecule has 0 saturated heterocycles. The summed E-state index contributed by atoms with van der Waals surface area (Å²) in [4.78, 5) is 1.14. The second-order valence-corrected chi connectivity index (χ2v) is 4.14. The molecule has 0 atom stereocenters. The van der Waals surface area contributed by atoms with Gasteiger partial charge in [-0.05, 0) is 42.9 Å². The Bertz CT molecular complexity index is 342. The number of rotatable bonds is 2. The summed E-state index contributed by atoms with van der Waals surface area (Å²) in [5, 5.41) is 1.81. The number of nitrogens with two attached hydrogens (primary N) is 1. The Kier molecular flexibility index (Phi) is 3.04. The van der Waals surface area contributed by atoms with E-state index in [9.17, 15) is 0 Å². The number of thioether (sulfide) groups is 1. The van der Waals surface area contributed by atoms with Gasteiger partial charge in [-0.15, -0.1) is 0 Å². The Morgan fingerprint density at radius 2 is 1.92 bits per heavy atom. The van der Waals surface area contributed by atoms with Crippen LogP contribution in [0.4, 0.5) is 5.69 Å². The average Bonchev–Trinajstić information content (AvgIpc) is 2.09. The van der Waals surface area contributed by atoms with Crippen LogP contribution < -0.4 is 5.73 Å². The molecule has 2 heteroatoms. The van der Waals surface area contributed by atoms with Gasteiger partial charge in [0.1, 0.15) is 0 Å². The van der Waals surface area contributed by atoms with Gasteiger partial charge in [-0.1, -0.05) is 24.4 Å². The van der Waals surface area contributed by atoms with Crippen molar-refractivity contribution in [1.29, 1.82) is 0 Å². The third-order valence-electron chi connectivity index (χ3n) is 2.23. The summed E-state index contributed by atoms with van der Waals surface area (Å²) in [6, 6.07) is 2.16. The first-order chi connectivity index (χ1) is 6.07. The molecule has 70 valence electrons. The Balaban J connectivity index is 3.34. The van der Waals surface area contributed by atoms with E-state index in [2.05, 4.69) is 33.4 Å². The summed E-state index contributed by atoms with van der Waals surface area (Å²) >= 11 is 1.59. The van der Waals surface area contributed by atoms with Crippen molar-refractivity contribution in [3.05, 3.63) is 34.7 Å². The van der Waals surface area contributed by atoms with Crippen molar-refractivity contribution in [1.82, 2.24) is 0 Å². The van der Waals surface area contributed by atoms with Crippen LogP contribution in [0.3, 0.4) is 0 Å². The van der Waals surface area contributed by atoms with Crippen LogP contribution in [0.1, 0.15) is 16.7 Å². The highest BCUT2D eigenvalue weighted by Crippen LogP contribution is 2.33. The van der Waals surface area contributed by atoms with E-state index < -0.39 is 0 Å². The third kappa shape index (κ3) is 1.89. The SMILES string of the molecule is C=CSc1c(C)cc(C)c(C)c1N. The Morgan fingerprint density at radius 1 is 1.31 bits per heavy atom. The Hall–Kier alpha value is -0.890. The molecule has 2 N–H and O–H groups in total. The van der Waals surface area contributed by atoms with E-state index in [1.807, 2.05) is 5.41 Å². The Morgan fingerprint density at radius 3 is 2.46 bits per heavy atom. The maximum atomic E-state index is 6.00. The first-order valence-corrected chi connectivity index (χ1v) is 5.09. The van der Waals surface area contributed by atoms with Gasteiger partial charge >= 0.3 is 0 Å². The van der Waals surface area contributed by atoms with Crippen LogP contribution in [0.5, 0.6) is 0 Å². The van der Waals surface area contributed by atoms with Gasteiger partial charge < -0.3 is 5.73 Å². The van der Waals surface area contributed by atoms with Crippen LogP contribution in [0, 0.1) is 20.8 Å². The molecular weight excluding hydrogens is 178 g/mol. The molecule has 13 heavy (non-hydrogen) atoms. The first-order valence-electron chi connectivity index (χ1n) is 4.21. The summed E-state index contributed by atoms with van der Waals surface area (Å²) in [5.41, 5.74) is 10.5. The molecule has 0 bridgehead atoms. The fourth-order valence-electron chi connectivity index (χ4n) is 1.33. The van der Waals surface area contributed by atoms with Crippen molar-refractivity contribution >= 4 is 17.4 Å². The Labute approximate surface area is 84.0 Å². The molecule has 0 aliphatic rings. The summed E-state index contributed by atoms with van der Waals surface area (Å²) in [6.45, 7) is 9.91. The lowest BCUT2D eigenvalue weighted by Gasteiger charge is -2.12. The molecule has 0 fully saturated rings. The molecule has 0 aromatic heterocycles. The van der Waals surface area contributed by atoms with Crippen LogP contribution in [0.15, 0.2) is 22.9 Å². The minimum Gasteiger partial charge on any atom is -0.398 e. The predicted octanol–water partition coefficient (Wildman–Crippen LogP) is 3.43. The fourth-order valence-corrected chi connectivity index (χ4v) is 2.03. The van der Waals surface area contributed by atoms with E-state index in [4.69, 9.17) is 5.73 Å².